The number of carbonyl (C=O) groups excluding carboxylic acids is 1. The minimum atomic E-state index is -4.42. The van der Waals surface area contributed by atoms with E-state index in [2.05, 4.69) is 0 Å². The van der Waals surface area contributed by atoms with Crippen LogP contribution in [0.4, 0.5) is 18.0 Å². The maximum atomic E-state index is 11.8. The summed E-state index contributed by atoms with van der Waals surface area (Å²) in [5.41, 5.74) is 0. The van der Waals surface area contributed by atoms with Gasteiger partial charge in [0, 0.05) is 13.0 Å². The molecule has 0 saturated carbocycles. The Morgan fingerprint density at radius 3 is 2.20 bits per heavy atom. The molecule has 0 aliphatic rings. The fourth-order valence-corrected chi connectivity index (χ4v) is 1.24. The number of aliphatic carboxylic acids is 2. The van der Waals surface area contributed by atoms with Crippen LogP contribution in [0.3, 0.4) is 0 Å². The van der Waals surface area contributed by atoms with Gasteiger partial charge in [-0.2, -0.15) is 13.2 Å². The molecule has 0 radical (unpaired) electrons. The van der Waals surface area contributed by atoms with Gasteiger partial charge in [0.15, 0.2) is 0 Å². The largest absolute Gasteiger partial charge is 0.481 e. The quantitative estimate of drug-likeness (QED) is 0.532. The molecule has 0 aromatic heterocycles. The summed E-state index contributed by atoms with van der Waals surface area (Å²) in [5.74, 6) is -2.50. The first-order chi connectivity index (χ1) is 9.11. The zero-order valence-electron chi connectivity index (χ0n) is 10.4. The van der Waals surface area contributed by atoms with Gasteiger partial charge in [-0.05, 0) is 12.8 Å². The van der Waals surface area contributed by atoms with Crippen molar-refractivity contribution in [2.45, 2.75) is 37.9 Å². The SMILES string of the molecule is O=C(O)CCC[C@@H](NC(=O)NCCC(F)(F)F)C(=O)O. The van der Waals surface area contributed by atoms with E-state index in [9.17, 15) is 27.6 Å². The highest BCUT2D eigenvalue weighted by molar-refractivity contribution is 5.82. The van der Waals surface area contributed by atoms with Crippen LogP contribution < -0.4 is 10.6 Å². The van der Waals surface area contributed by atoms with Gasteiger partial charge in [0.2, 0.25) is 0 Å². The van der Waals surface area contributed by atoms with Gasteiger partial charge in [-0.25, -0.2) is 9.59 Å². The van der Waals surface area contributed by atoms with Crippen molar-refractivity contribution in [3.63, 3.8) is 0 Å². The molecule has 0 spiro atoms. The first-order valence-corrected chi connectivity index (χ1v) is 5.67. The number of rotatable bonds is 8. The molecule has 0 fully saturated rings. The lowest BCUT2D eigenvalue weighted by molar-refractivity contribution is -0.140. The van der Waals surface area contributed by atoms with Crippen molar-refractivity contribution in [1.82, 2.24) is 10.6 Å². The van der Waals surface area contributed by atoms with Crippen LogP contribution in [0.5, 0.6) is 0 Å². The third-order valence-corrected chi connectivity index (χ3v) is 2.18. The Morgan fingerprint density at radius 2 is 1.75 bits per heavy atom. The van der Waals surface area contributed by atoms with Crippen LogP contribution in [0.1, 0.15) is 25.7 Å². The van der Waals surface area contributed by atoms with Gasteiger partial charge in [-0.1, -0.05) is 0 Å². The number of hydrogen-bond acceptors (Lipinski definition) is 3. The van der Waals surface area contributed by atoms with Crippen molar-refractivity contribution in [3.05, 3.63) is 0 Å². The predicted molar refractivity (Wildman–Crippen MR) is 60.1 cm³/mol. The van der Waals surface area contributed by atoms with Crippen molar-refractivity contribution in [2.24, 2.45) is 0 Å². The molecule has 7 nitrogen and oxygen atoms in total. The number of carboxylic acids is 2. The van der Waals surface area contributed by atoms with Crippen molar-refractivity contribution in [3.8, 4) is 0 Å². The fraction of sp³-hybridized carbons (Fsp3) is 0.700. The molecule has 10 heteroatoms. The van der Waals surface area contributed by atoms with Crippen molar-refractivity contribution in [1.29, 1.82) is 0 Å². The van der Waals surface area contributed by atoms with E-state index in [0.29, 0.717) is 0 Å². The monoisotopic (exact) mass is 300 g/mol. The van der Waals surface area contributed by atoms with Crippen LogP contribution in [0.2, 0.25) is 0 Å². The predicted octanol–water partition coefficient (Wildman–Crippen LogP) is 0.946. The summed E-state index contributed by atoms with van der Waals surface area (Å²) < 4.78 is 35.5. The zero-order valence-corrected chi connectivity index (χ0v) is 10.4. The summed E-state index contributed by atoms with van der Waals surface area (Å²) in [6.07, 6.45) is -6.01. The van der Waals surface area contributed by atoms with E-state index in [1.807, 2.05) is 10.6 Å². The molecule has 0 saturated heterocycles. The minimum Gasteiger partial charge on any atom is -0.481 e. The topological polar surface area (TPSA) is 116 Å². The molecule has 0 unspecified atom stereocenters. The lowest BCUT2D eigenvalue weighted by atomic mass is 10.1. The molecule has 0 aliphatic carbocycles. The normalized spacial score (nSPS) is 12.6. The summed E-state index contributed by atoms with van der Waals surface area (Å²) in [7, 11) is 0. The number of amides is 2. The zero-order chi connectivity index (χ0) is 15.8. The van der Waals surface area contributed by atoms with E-state index in [4.69, 9.17) is 10.2 Å². The van der Waals surface area contributed by atoms with Gasteiger partial charge < -0.3 is 20.8 Å². The van der Waals surface area contributed by atoms with Crippen molar-refractivity contribution >= 4 is 18.0 Å². The number of urea groups is 1. The van der Waals surface area contributed by atoms with Crippen LogP contribution in [-0.2, 0) is 9.59 Å². The van der Waals surface area contributed by atoms with E-state index in [0.717, 1.165) is 0 Å². The first-order valence-electron chi connectivity index (χ1n) is 5.67. The fourth-order valence-electron chi connectivity index (χ4n) is 1.24. The molecule has 20 heavy (non-hydrogen) atoms. The molecule has 1 atom stereocenters. The number of hydrogen-bond donors (Lipinski definition) is 4. The molecule has 116 valence electrons. The van der Waals surface area contributed by atoms with E-state index < -0.39 is 43.2 Å². The third-order valence-electron chi connectivity index (χ3n) is 2.18. The average Bonchev–Trinajstić information content (AvgIpc) is 2.25. The van der Waals surface area contributed by atoms with Gasteiger partial charge >= 0.3 is 24.1 Å². The summed E-state index contributed by atoms with van der Waals surface area (Å²) in [6, 6.07) is -2.39. The first kappa shape index (κ1) is 18.0. The number of alkyl halides is 3. The van der Waals surface area contributed by atoms with Gasteiger partial charge in [0.1, 0.15) is 6.04 Å². The second-order valence-electron chi connectivity index (χ2n) is 3.94. The highest BCUT2D eigenvalue weighted by Gasteiger charge is 2.27. The average molecular weight is 300 g/mol. The Hall–Kier alpha value is -2.00. The van der Waals surface area contributed by atoms with Crippen LogP contribution in [0.15, 0.2) is 0 Å². The summed E-state index contributed by atoms with van der Waals surface area (Å²) in [4.78, 5) is 32.2. The van der Waals surface area contributed by atoms with Gasteiger partial charge in [-0.3, -0.25) is 4.79 Å². The molecular formula is C10H15F3N2O5. The standard InChI is InChI=1S/C10H15F3N2O5/c11-10(12,13)4-5-14-9(20)15-6(8(18)19)2-1-3-7(16)17/h6H,1-5H2,(H,16,17)(H,18,19)(H2,14,15,20)/t6-/m1/s1. The molecule has 0 rings (SSSR count). The second kappa shape index (κ2) is 8.23. The number of carbonyl (C=O) groups is 3. The third kappa shape index (κ3) is 9.97. The van der Waals surface area contributed by atoms with Crippen LogP contribution in [0.25, 0.3) is 0 Å². The van der Waals surface area contributed by atoms with Crippen molar-refractivity contribution < 1.29 is 37.8 Å². The lowest BCUT2D eigenvalue weighted by Gasteiger charge is -2.15. The summed E-state index contributed by atoms with van der Waals surface area (Å²) >= 11 is 0. The smallest absolute Gasteiger partial charge is 0.390 e. The van der Waals surface area contributed by atoms with E-state index in [-0.39, 0.29) is 19.3 Å². The van der Waals surface area contributed by atoms with Gasteiger partial charge in [0.25, 0.3) is 0 Å². The minimum absolute atomic E-state index is 0.0229. The Bertz CT molecular complexity index is 359. The molecule has 0 heterocycles. The number of carboxylic acid groups (broad SMARTS) is 2. The summed E-state index contributed by atoms with van der Waals surface area (Å²) in [5, 5.41) is 21.0. The maximum Gasteiger partial charge on any atom is 0.390 e. The summed E-state index contributed by atoms with van der Waals surface area (Å²) in [6.45, 7) is -0.670. The highest BCUT2D eigenvalue weighted by atomic mass is 19.4. The Kier molecular flexibility index (Phi) is 7.40. The van der Waals surface area contributed by atoms with Gasteiger partial charge in [0.05, 0.1) is 6.42 Å². The molecular weight excluding hydrogens is 285 g/mol. The van der Waals surface area contributed by atoms with Crippen LogP contribution in [-0.4, -0.2) is 46.9 Å². The van der Waals surface area contributed by atoms with E-state index >= 15 is 0 Å². The van der Waals surface area contributed by atoms with E-state index in [1.54, 1.807) is 0 Å². The molecule has 4 N–H and O–H groups in total. The molecule has 0 bridgehead atoms. The molecule has 2 amide bonds. The molecule has 0 aliphatic heterocycles. The number of nitrogens with one attached hydrogen (secondary N) is 2. The van der Waals surface area contributed by atoms with Crippen molar-refractivity contribution in [2.75, 3.05) is 6.54 Å². The van der Waals surface area contributed by atoms with Gasteiger partial charge in [-0.15, -0.1) is 0 Å². The molecule has 0 aromatic rings. The van der Waals surface area contributed by atoms with Crippen LogP contribution >= 0.6 is 0 Å². The Balaban J connectivity index is 4.08. The Morgan fingerprint density at radius 1 is 1.15 bits per heavy atom. The molecule has 0 aromatic carbocycles. The lowest BCUT2D eigenvalue weighted by Crippen LogP contribution is -2.46. The Labute approximate surface area is 112 Å². The second-order valence-corrected chi connectivity index (χ2v) is 3.94. The van der Waals surface area contributed by atoms with E-state index in [1.165, 1.54) is 0 Å². The number of halogens is 3. The highest BCUT2D eigenvalue weighted by Crippen LogP contribution is 2.18. The maximum absolute atomic E-state index is 11.8. The van der Waals surface area contributed by atoms with Crippen LogP contribution in [0, 0.1) is 0 Å².